The lowest BCUT2D eigenvalue weighted by molar-refractivity contribution is 0.240. The van der Waals surface area contributed by atoms with Gasteiger partial charge in [-0.1, -0.05) is 6.92 Å². The van der Waals surface area contributed by atoms with Gasteiger partial charge in [0.05, 0.1) is 11.5 Å². The van der Waals surface area contributed by atoms with Crippen LogP contribution < -0.4 is 5.73 Å². The predicted octanol–water partition coefficient (Wildman–Crippen LogP) is 0.343. The highest BCUT2D eigenvalue weighted by Crippen LogP contribution is 2.24. The third kappa shape index (κ3) is 5.67. The molecule has 0 atom stereocenters. The summed E-state index contributed by atoms with van der Waals surface area (Å²) in [5, 5.41) is 0. The van der Waals surface area contributed by atoms with E-state index in [1.807, 2.05) is 6.92 Å². The quantitative estimate of drug-likeness (QED) is 0.727. The van der Waals surface area contributed by atoms with Gasteiger partial charge in [0.15, 0.2) is 0 Å². The molecule has 0 unspecified atom stereocenters. The molecule has 1 fully saturated rings. The molecule has 20 heavy (non-hydrogen) atoms. The number of hydrogen-bond donors (Lipinski definition) is 1. The smallest absolute Gasteiger partial charge is 0.215 e. The molecular weight excluding hydrogens is 300 g/mol. The minimum Gasteiger partial charge on any atom is -0.328 e. The number of nitrogens with two attached hydrogens (primary N) is 1. The Hall–Kier alpha value is -0.180. The van der Waals surface area contributed by atoms with Gasteiger partial charge in [0.25, 0.3) is 0 Å². The van der Waals surface area contributed by atoms with Gasteiger partial charge in [-0.2, -0.15) is 4.31 Å². The van der Waals surface area contributed by atoms with Gasteiger partial charge in [-0.25, -0.2) is 16.8 Å². The molecule has 0 heterocycles. The fraction of sp³-hybridized carbons (Fsp3) is 1.00. The molecule has 0 aromatic heterocycles. The van der Waals surface area contributed by atoms with Crippen molar-refractivity contribution in [3.05, 3.63) is 0 Å². The summed E-state index contributed by atoms with van der Waals surface area (Å²) >= 11 is 0. The van der Waals surface area contributed by atoms with Crippen molar-refractivity contribution >= 4 is 19.9 Å². The second-order valence-electron chi connectivity index (χ2n) is 5.63. The van der Waals surface area contributed by atoms with Crippen LogP contribution in [-0.2, 0) is 19.9 Å². The summed E-state index contributed by atoms with van der Waals surface area (Å²) in [6.45, 7) is 2.37. The lowest BCUT2D eigenvalue weighted by atomic mass is 9.92. The molecule has 120 valence electrons. The second-order valence-corrected chi connectivity index (χ2v) is 9.93. The zero-order valence-electron chi connectivity index (χ0n) is 12.3. The van der Waals surface area contributed by atoms with E-state index < -0.39 is 19.9 Å². The second kappa shape index (κ2) is 7.20. The van der Waals surface area contributed by atoms with Crippen molar-refractivity contribution in [3.63, 3.8) is 0 Å². The van der Waals surface area contributed by atoms with E-state index in [0.29, 0.717) is 6.54 Å². The molecule has 0 aliphatic heterocycles. The molecule has 1 rings (SSSR count). The van der Waals surface area contributed by atoms with Crippen LogP contribution in [0, 0.1) is 0 Å². The van der Waals surface area contributed by atoms with Gasteiger partial charge in [-0.05, 0) is 32.1 Å². The van der Waals surface area contributed by atoms with Crippen LogP contribution in [0.25, 0.3) is 0 Å². The predicted molar refractivity (Wildman–Crippen MR) is 80.7 cm³/mol. The number of hydrogen-bond acceptors (Lipinski definition) is 5. The summed E-state index contributed by atoms with van der Waals surface area (Å²) in [5.41, 5.74) is 5.85. The van der Waals surface area contributed by atoms with Crippen LogP contribution in [0.2, 0.25) is 0 Å². The lowest BCUT2D eigenvalue weighted by Gasteiger charge is -2.35. The molecular formula is C12H26N2O4S2. The van der Waals surface area contributed by atoms with E-state index in [-0.39, 0.29) is 23.6 Å². The zero-order valence-corrected chi connectivity index (χ0v) is 13.9. The van der Waals surface area contributed by atoms with E-state index >= 15 is 0 Å². The molecule has 1 aliphatic rings. The summed E-state index contributed by atoms with van der Waals surface area (Å²) in [6.07, 6.45) is 4.96. The van der Waals surface area contributed by atoms with Crippen LogP contribution in [0.5, 0.6) is 0 Å². The van der Waals surface area contributed by atoms with Crippen molar-refractivity contribution in [2.24, 2.45) is 5.73 Å². The largest absolute Gasteiger partial charge is 0.328 e. The van der Waals surface area contributed by atoms with Gasteiger partial charge < -0.3 is 5.73 Å². The minimum atomic E-state index is -3.52. The molecule has 0 bridgehead atoms. The number of rotatable bonds is 7. The van der Waals surface area contributed by atoms with Gasteiger partial charge in [0, 0.05) is 24.9 Å². The first-order chi connectivity index (χ1) is 9.15. The molecule has 1 aliphatic carbocycles. The van der Waals surface area contributed by atoms with Gasteiger partial charge in [-0.15, -0.1) is 0 Å². The van der Waals surface area contributed by atoms with Crippen molar-refractivity contribution < 1.29 is 16.8 Å². The maximum Gasteiger partial charge on any atom is 0.215 e. The number of sulfone groups is 1. The van der Waals surface area contributed by atoms with E-state index in [4.69, 9.17) is 5.73 Å². The van der Waals surface area contributed by atoms with Crippen molar-refractivity contribution in [2.45, 2.75) is 51.1 Å². The summed E-state index contributed by atoms with van der Waals surface area (Å²) in [5.74, 6) is -0.643. The van der Waals surface area contributed by atoms with Crippen molar-refractivity contribution in [1.82, 2.24) is 4.31 Å². The Morgan fingerprint density at radius 2 is 1.60 bits per heavy atom. The highest BCUT2D eigenvalue weighted by atomic mass is 32.2. The molecule has 1 saturated carbocycles. The summed E-state index contributed by atoms with van der Waals surface area (Å²) in [4.78, 5) is 0. The Labute approximate surface area is 122 Å². The monoisotopic (exact) mass is 326 g/mol. The highest BCUT2D eigenvalue weighted by molar-refractivity contribution is 7.93. The minimum absolute atomic E-state index is 0.0284. The van der Waals surface area contributed by atoms with E-state index in [9.17, 15) is 16.8 Å². The first-order valence-corrected chi connectivity index (χ1v) is 10.8. The van der Waals surface area contributed by atoms with E-state index in [2.05, 4.69) is 0 Å². The van der Waals surface area contributed by atoms with Gasteiger partial charge >= 0.3 is 0 Å². The van der Waals surface area contributed by atoms with E-state index in [1.54, 1.807) is 0 Å². The summed E-state index contributed by atoms with van der Waals surface area (Å²) in [6, 6.07) is 0.132. The maximum absolute atomic E-state index is 12.4. The van der Waals surface area contributed by atoms with Crippen LogP contribution in [-0.4, -0.2) is 57.5 Å². The van der Waals surface area contributed by atoms with Gasteiger partial charge in [0.2, 0.25) is 10.0 Å². The molecule has 0 amide bonds. The van der Waals surface area contributed by atoms with Crippen molar-refractivity contribution in [2.75, 3.05) is 24.3 Å². The zero-order chi connectivity index (χ0) is 15.4. The van der Waals surface area contributed by atoms with Crippen LogP contribution >= 0.6 is 0 Å². The van der Waals surface area contributed by atoms with E-state index in [1.165, 1.54) is 4.31 Å². The van der Waals surface area contributed by atoms with E-state index in [0.717, 1.165) is 38.4 Å². The average Bonchev–Trinajstić information content (AvgIpc) is 2.34. The molecule has 0 saturated heterocycles. The summed E-state index contributed by atoms with van der Waals surface area (Å²) < 4.78 is 48.6. The topological polar surface area (TPSA) is 97.5 Å². The third-order valence-electron chi connectivity index (χ3n) is 3.66. The molecule has 0 aromatic rings. The fourth-order valence-corrected chi connectivity index (χ4v) is 5.95. The molecule has 2 N–H and O–H groups in total. The fourth-order valence-electron chi connectivity index (χ4n) is 2.53. The van der Waals surface area contributed by atoms with Crippen LogP contribution in [0.15, 0.2) is 0 Å². The third-order valence-corrected chi connectivity index (χ3v) is 6.78. The van der Waals surface area contributed by atoms with Crippen molar-refractivity contribution in [3.8, 4) is 0 Å². The van der Waals surface area contributed by atoms with Gasteiger partial charge in [0.1, 0.15) is 9.84 Å². The summed E-state index contributed by atoms with van der Waals surface area (Å²) in [7, 11) is -6.79. The standard InChI is InChI=1S/C12H26N2O4S2/c1-3-8-14(12-6-4-11(13)5-7-12)20(17,18)10-9-19(2,15)16/h11-12H,3-10,13H2,1-2H3. The van der Waals surface area contributed by atoms with Crippen LogP contribution in [0.1, 0.15) is 39.0 Å². The Kier molecular flexibility index (Phi) is 6.43. The first kappa shape index (κ1) is 17.9. The Bertz CT molecular complexity index is 494. The molecule has 0 radical (unpaired) electrons. The number of nitrogens with zero attached hydrogens (tertiary/aromatic N) is 1. The Balaban J connectivity index is 2.78. The van der Waals surface area contributed by atoms with Crippen molar-refractivity contribution in [1.29, 1.82) is 0 Å². The van der Waals surface area contributed by atoms with Crippen LogP contribution in [0.3, 0.4) is 0 Å². The normalized spacial score (nSPS) is 25.0. The number of sulfonamides is 1. The van der Waals surface area contributed by atoms with Crippen LogP contribution in [0.4, 0.5) is 0 Å². The average molecular weight is 326 g/mol. The lowest BCUT2D eigenvalue weighted by Crippen LogP contribution is -2.46. The highest BCUT2D eigenvalue weighted by Gasteiger charge is 2.32. The molecule has 0 spiro atoms. The molecule has 8 heteroatoms. The Morgan fingerprint density at radius 3 is 2.05 bits per heavy atom. The Morgan fingerprint density at radius 1 is 1.05 bits per heavy atom. The first-order valence-electron chi connectivity index (χ1n) is 7.08. The molecule has 0 aromatic carbocycles. The van der Waals surface area contributed by atoms with Gasteiger partial charge in [-0.3, -0.25) is 0 Å². The SMILES string of the molecule is CCCN(C1CCC(N)CC1)S(=O)(=O)CCS(C)(=O)=O. The maximum atomic E-state index is 12.4. The molecule has 6 nitrogen and oxygen atoms in total.